The number of pyridine rings is 1. The third-order valence-corrected chi connectivity index (χ3v) is 1.39. The first-order chi connectivity index (χ1) is 4.97. The highest BCUT2D eigenvalue weighted by atomic mass is 14.6. The molecular weight excluding hydrogens is 122 g/mol. The zero-order valence-corrected chi connectivity index (χ0v) is 5.33. The molecule has 0 unspecified atom stereocenters. The highest BCUT2D eigenvalue weighted by Crippen LogP contribution is 2.07. The zero-order chi connectivity index (χ0) is 6.81. The van der Waals surface area contributed by atoms with Gasteiger partial charge in [-0.1, -0.05) is 12.1 Å². The molecule has 0 aliphatic carbocycles. The van der Waals surface area contributed by atoms with Gasteiger partial charge < -0.3 is 0 Å². The maximum atomic E-state index is 4.04. The Morgan fingerprint density at radius 3 is 3.10 bits per heavy atom. The van der Waals surface area contributed by atoms with E-state index < -0.39 is 0 Å². The lowest BCUT2D eigenvalue weighted by atomic mass is 10.2. The molecule has 1 aromatic heterocycles. The predicted octanol–water partition coefficient (Wildman–Crippen LogP) is 1.84. The van der Waals surface area contributed by atoms with Crippen molar-refractivity contribution in [1.82, 2.24) is 4.98 Å². The Balaban J connectivity index is 2.89. The second kappa shape index (κ2) is 2.10. The summed E-state index contributed by atoms with van der Waals surface area (Å²) in [6.45, 7) is 0. The Morgan fingerprint density at radius 2 is 2.20 bits per heavy atom. The van der Waals surface area contributed by atoms with E-state index in [4.69, 9.17) is 0 Å². The van der Waals surface area contributed by atoms with Crippen LogP contribution in [0.4, 0.5) is 0 Å². The number of fused-ring (bicyclic) bond motifs is 1. The molecule has 0 aliphatic rings. The molecule has 1 heterocycles. The van der Waals surface area contributed by atoms with Crippen LogP contribution < -0.4 is 0 Å². The molecule has 0 N–H and O–H groups in total. The third-order valence-electron chi connectivity index (χ3n) is 1.39. The van der Waals surface area contributed by atoms with Crippen molar-refractivity contribution in [3.8, 4) is 0 Å². The van der Waals surface area contributed by atoms with Gasteiger partial charge in [-0.25, -0.2) is 4.98 Å². The quantitative estimate of drug-likeness (QED) is 0.526. The highest BCUT2D eigenvalue weighted by molar-refractivity contribution is 5.77. The molecule has 0 amide bonds. The highest BCUT2D eigenvalue weighted by Gasteiger charge is 1.87. The SMILES string of the molecule is [c]1ccc2n[c]ccc2c1. The normalized spacial score (nSPS) is 10.0. The van der Waals surface area contributed by atoms with E-state index in [1.54, 1.807) is 6.07 Å². The van der Waals surface area contributed by atoms with Crippen molar-refractivity contribution >= 4 is 10.9 Å². The maximum Gasteiger partial charge on any atom is 0.0894 e. The Bertz CT molecular complexity index is 276. The van der Waals surface area contributed by atoms with Gasteiger partial charge in [-0.2, -0.15) is 0 Å². The van der Waals surface area contributed by atoms with Crippen LogP contribution in [0.15, 0.2) is 30.3 Å². The molecule has 0 fully saturated rings. The molecule has 1 nitrogen and oxygen atoms in total. The minimum Gasteiger partial charge on any atom is -0.246 e. The number of hydrogen-bond donors (Lipinski definition) is 0. The van der Waals surface area contributed by atoms with Crippen molar-refractivity contribution in [2.45, 2.75) is 0 Å². The predicted molar refractivity (Wildman–Crippen MR) is 39.4 cm³/mol. The topological polar surface area (TPSA) is 12.9 Å². The molecule has 1 aromatic carbocycles. The Morgan fingerprint density at radius 1 is 1.20 bits per heavy atom. The molecule has 0 aliphatic heterocycles. The van der Waals surface area contributed by atoms with Crippen molar-refractivity contribution in [1.29, 1.82) is 0 Å². The van der Waals surface area contributed by atoms with E-state index in [1.807, 2.05) is 24.3 Å². The van der Waals surface area contributed by atoms with Gasteiger partial charge >= 0.3 is 0 Å². The third kappa shape index (κ3) is 0.760. The summed E-state index contributed by atoms with van der Waals surface area (Å²) in [5.41, 5.74) is 0.973. The molecule has 46 valence electrons. The summed E-state index contributed by atoms with van der Waals surface area (Å²) < 4.78 is 0. The van der Waals surface area contributed by atoms with Gasteiger partial charge in [0.15, 0.2) is 0 Å². The van der Waals surface area contributed by atoms with Gasteiger partial charge in [0.25, 0.3) is 0 Å². The minimum atomic E-state index is 0.973. The first-order valence-corrected chi connectivity index (χ1v) is 3.10. The number of benzene rings is 1. The van der Waals surface area contributed by atoms with Crippen LogP contribution in [0, 0.1) is 12.3 Å². The summed E-state index contributed by atoms with van der Waals surface area (Å²) in [5.74, 6) is 0. The first-order valence-electron chi connectivity index (χ1n) is 3.10. The Hall–Kier alpha value is -1.37. The summed E-state index contributed by atoms with van der Waals surface area (Å²) in [6.07, 6.45) is 2.77. The molecule has 2 rings (SSSR count). The van der Waals surface area contributed by atoms with Gasteiger partial charge in [-0.15, -0.1) is 0 Å². The Kier molecular flexibility index (Phi) is 1.14. The molecule has 0 atom stereocenters. The largest absolute Gasteiger partial charge is 0.246 e. The average Bonchev–Trinajstić information content (AvgIpc) is 2.05. The molecule has 0 saturated heterocycles. The van der Waals surface area contributed by atoms with E-state index in [0.29, 0.717) is 0 Å². The molecule has 2 radical (unpaired) electrons. The van der Waals surface area contributed by atoms with Crippen molar-refractivity contribution in [3.05, 3.63) is 42.6 Å². The number of rotatable bonds is 0. The van der Waals surface area contributed by atoms with Gasteiger partial charge in [0, 0.05) is 5.39 Å². The standard InChI is InChI=1S/C9H5N/c1-2-6-9-8(4-1)5-3-7-10-9/h2-6H. The number of hydrogen-bond acceptors (Lipinski definition) is 1. The van der Waals surface area contributed by atoms with Gasteiger partial charge in [0.05, 0.1) is 11.7 Å². The number of aromatic nitrogens is 1. The van der Waals surface area contributed by atoms with E-state index in [0.717, 1.165) is 10.9 Å². The molecule has 0 spiro atoms. The first kappa shape index (κ1) is 5.42. The van der Waals surface area contributed by atoms with E-state index in [-0.39, 0.29) is 0 Å². The van der Waals surface area contributed by atoms with Crippen LogP contribution in [-0.2, 0) is 0 Å². The monoisotopic (exact) mass is 127 g/mol. The molecular formula is C9H5N. The van der Waals surface area contributed by atoms with Gasteiger partial charge in [0.1, 0.15) is 0 Å². The smallest absolute Gasteiger partial charge is 0.0894 e. The lowest BCUT2D eigenvalue weighted by Gasteiger charge is -1.90. The lowest BCUT2D eigenvalue weighted by Crippen LogP contribution is -1.74. The summed E-state index contributed by atoms with van der Waals surface area (Å²) in [5, 5.41) is 1.11. The van der Waals surface area contributed by atoms with Crippen LogP contribution >= 0.6 is 0 Å². The fraction of sp³-hybridized carbons (Fsp3) is 0. The van der Waals surface area contributed by atoms with Crippen molar-refractivity contribution < 1.29 is 0 Å². The summed E-state index contributed by atoms with van der Waals surface area (Å²) in [6, 6.07) is 12.4. The molecule has 2 aromatic rings. The second-order valence-corrected chi connectivity index (χ2v) is 2.06. The maximum absolute atomic E-state index is 4.04. The summed E-state index contributed by atoms with van der Waals surface area (Å²) >= 11 is 0. The van der Waals surface area contributed by atoms with Crippen LogP contribution in [0.25, 0.3) is 10.9 Å². The zero-order valence-electron chi connectivity index (χ0n) is 5.33. The van der Waals surface area contributed by atoms with Gasteiger partial charge in [-0.05, 0) is 24.3 Å². The van der Waals surface area contributed by atoms with Crippen LogP contribution in [0.3, 0.4) is 0 Å². The van der Waals surface area contributed by atoms with Crippen LogP contribution in [0.2, 0.25) is 0 Å². The minimum absolute atomic E-state index is 0.973. The van der Waals surface area contributed by atoms with Crippen molar-refractivity contribution in [3.63, 3.8) is 0 Å². The van der Waals surface area contributed by atoms with Crippen molar-refractivity contribution in [2.24, 2.45) is 0 Å². The number of nitrogens with zero attached hydrogens (tertiary/aromatic N) is 1. The van der Waals surface area contributed by atoms with E-state index >= 15 is 0 Å². The van der Waals surface area contributed by atoms with E-state index in [2.05, 4.69) is 17.2 Å². The summed E-state index contributed by atoms with van der Waals surface area (Å²) in [4.78, 5) is 4.04. The van der Waals surface area contributed by atoms with E-state index in [9.17, 15) is 0 Å². The Labute approximate surface area is 59.3 Å². The fourth-order valence-corrected chi connectivity index (χ4v) is 0.904. The second-order valence-electron chi connectivity index (χ2n) is 2.06. The average molecular weight is 127 g/mol. The fourth-order valence-electron chi connectivity index (χ4n) is 0.904. The molecule has 0 saturated carbocycles. The van der Waals surface area contributed by atoms with Gasteiger partial charge in [0.2, 0.25) is 0 Å². The van der Waals surface area contributed by atoms with Crippen LogP contribution in [0.5, 0.6) is 0 Å². The van der Waals surface area contributed by atoms with E-state index in [1.165, 1.54) is 0 Å². The molecule has 1 heteroatoms. The van der Waals surface area contributed by atoms with Crippen molar-refractivity contribution in [2.75, 3.05) is 0 Å². The van der Waals surface area contributed by atoms with Gasteiger partial charge in [-0.3, -0.25) is 0 Å². The lowest BCUT2D eigenvalue weighted by molar-refractivity contribution is 1.39. The van der Waals surface area contributed by atoms with Crippen LogP contribution in [-0.4, -0.2) is 4.98 Å². The summed E-state index contributed by atoms with van der Waals surface area (Å²) in [7, 11) is 0. The molecule has 0 bridgehead atoms. The van der Waals surface area contributed by atoms with Crippen LogP contribution in [0.1, 0.15) is 0 Å². The molecule has 10 heavy (non-hydrogen) atoms.